The Morgan fingerprint density at radius 3 is 2.81 bits per heavy atom. The summed E-state index contributed by atoms with van der Waals surface area (Å²) in [7, 11) is 0. The molecule has 0 aromatic carbocycles. The van der Waals surface area contributed by atoms with Crippen molar-refractivity contribution in [1.82, 2.24) is 10.1 Å². The molecule has 1 aromatic rings. The number of hydrogen-bond donors (Lipinski definition) is 1. The summed E-state index contributed by atoms with van der Waals surface area (Å²) in [5.74, 6) is -0.248. The maximum absolute atomic E-state index is 10.9. The molecule has 16 heavy (non-hydrogen) atoms. The van der Waals surface area contributed by atoms with E-state index in [2.05, 4.69) is 10.1 Å². The lowest BCUT2D eigenvalue weighted by atomic mass is 10.2. The minimum absolute atomic E-state index is 0.0931. The van der Waals surface area contributed by atoms with Crippen LogP contribution in [0.5, 0.6) is 0 Å². The highest BCUT2D eigenvalue weighted by molar-refractivity contribution is 5.87. The quantitative estimate of drug-likeness (QED) is 0.823. The van der Waals surface area contributed by atoms with Crippen LogP contribution in [0.1, 0.15) is 47.5 Å². The predicted molar refractivity (Wildman–Crippen MR) is 55.0 cm³/mol. The van der Waals surface area contributed by atoms with Gasteiger partial charge in [0.25, 0.3) is 0 Å². The van der Waals surface area contributed by atoms with Gasteiger partial charge < -0.3 is 9.63 Å². The van der Waals surface area contributed by atoms with Crippen molar-refractivity contribution in [2.45, 2.75) is 44.8 Å². The minimum atomic E-state index is -0.988. The van der Waals surface area contributed by atoms with Crippen molar-refractivity contribution < 1.29 is 14.4 Å². The van der Waals surface area contributed by atoms with Crippen molar-refractivity contribution in [1.29, 1.82) is 0 Å². The van der Waals surface area contributed by atoms with Gasteiger partial charge >= 0.3 is 5.97 Å². The summed E-state index contributed by atoms with van der Waals surface area (Å²) < 4.78 is 5.09. The Morgan fingerprint density at radius 1 is 1.38 bits per heavy atom. The van der Waals surface area contributed by atoms with E-state index in [1.807, 2.05) is 0 Å². The molecule has 1 aromatic heterocycles. The van der Waals surface area contributed by atoms with Crippen LogP contribution in [-0.2, 0) is 13.1 Å². The molecule has 1 aliphatic carbocycles. The van der Waals surface area contributed by atoms with Gasteiger partial charge in [0.05, 0.1) is 6.54 Å². The zero-order valence-electron chi connectivity index (χ0n) is 8.98. The number of carboxylic acid groups (broad SMARTS) is 1. The lowest BCUT2D eigenvalue weighted by molar-refractivity contribution is 0.0681. The summed E-state index contributed by atoms with van der Waals surface area (Å²) in [5, 5.41) is 12.5. The van der Waals surface area contributed by atoms with E-state index in [9.17, 15) is 4.79 Å². The number of carboxylic acids is 1. The third kappa shape index (κ3) is 1.43. The summed E-state index contributed by atoms with van der Waals surface area (Å²) in [6.07, 6.45) is 5.01. The van der Waals surface area contributed by atoms with Crippen LogP contribution in [0, 0.1) is 0 Å². The molecule has 0 bridgehead atoms. The first-order chi connectivity index (χ1) is 7.75. The van der Waals surface area contributed by atoms with Gasteiger partial charge in [0.2, 0.25) is 0 Å². The van der Waals surface area contributed by atoms with Gasteiger partial charge in [0.15, 0.2) is 11.5 Å². The van der Waals surface area contributed by atoms with E-state index < -0.39 is 5.97 Å². The molecule has 0 spiro atoms. The molecule has 1 fully saturated rings. The van der Waals surface area contributed by atoms with Crippen LogP contribution in [0.3, 0.4) is 0 Å². The van der Waals surface area contributed by atoms with Gasteiger partial charge in [-0.1, -0.05) is 18.0 Å². The zero-order valence-corrected chi connectivity index (χ0v) is 8.98. The maximum Gasteiger partial charge on any atom is 0.358 e. The molecular weight excluding hydrogens is 208 g/mol. The summed E-state index contributed by atoms with van der Waals surface area (Å²) in [4.78, 5) is 13.2. The van der Waals surface area contributed by atoms with Gasteiger partial charge in [-0.15, -0.1) is 0 Å². The second-order valence-electron chi connectivity index (χ2n) is 4.58. The highest BCUT2D eigenvalue weighted by Crippen LogP contribution is 2.32. The van der Waals surface area contributed by atoms with E-state index in [4.69, 9.17) is 9.63 Å². The SMILES string of the molecule is O=C(O)c1noc2c1CN(C1CCCC1)C2. The van der Waals surface area contributed by atoms with Crippen molar-refractivity contribution in [3.05, 3.63) is 17.0 Å². The van der Waals surface area contributed by atoms with Crippen molar-refractivity contribution in [2.24, 2.45) is 0 Å². The van der Waals surface area contributed by atoms with Crippen LogP contribution in [0.25, 0.3) is 0 Å². The molecule has 1 N–H and O–H groups in total. The normalized spacial score (nSPS) is 21.5. The third-order valence-corrected chi connectivity index (χ3v) is 3.62. The Labute approximate surface area is 93.0 Å². The second-order valence-corrected chi connectivity index (χ2v) is 4.58. The minimum Gasteiger partial charge on any atom is -0.476 e. The first-order valence-corrected chi connectivity index (χ1v) is 5.70. The fourth-order valence-electron chi connectivity index (χ4n) is 2.77. The Balaban J connectivity index is 1.81. The first-order valence-electron chi connectivity index (χ1n) is 5.70. The molecule has 1 aliphatic heterocycles. The molecule has 0 saturated heterocycles. The Hall–Kier alpha value is -1.36. The van der Waals surface area contributed by atoms with Crippen molar-refractivity contribution >= 4 is 5.97 Å². The number of nitrogens with zero attached hydrogens (tertiary/aromatic N) is 2. The Kier molecular flexibility index (Phi) is 2.21. The number of fused-ring (bicyclic) bond motifs is 1. The smallest absolute Gasteiger partial charge is 0.358 e. The van der Waals surface area contributed by atoms with Gasteiger partial charge in [0.1, 0.15) is 0 Å². The van der Waals surface area contributed by atoms with Gasteiger partial charge in [-0.2, -0.15) is 0 Å². The Morgan fingerprint density at radius 2 is 2.12 bits per heavy atom. The number of hydrogen-bond acceptors (Lipinski definition) is 4. The van der Waals surface area contributed by atoms with Crippen LogP contribution in [0.4, 0.5) is 0 Å². The first kappa shape index (κ1) is 9.84. The van der Waals surface area contributed by atoms with Gasteiger partial charge in [-0.3, -0.25) is 4.90 Å². The summed E-state index contributed by atoms with van der Waals surface area (Å²) in [6.45, 7) is 1.41. The summed E-state index contributed by atoms with van der Waals surface area (Å²) >= 11 is 0. The standard InChI is InChI=1S/C11H14N2O3/c14-11(15)10-8-5-13(6-9(8)16-12-10)7-3-1-2-4-7/h7H,1-6H2,(H,14,15). The molecule has 5 heteroatoms. The fraction of sp³-hybridized carbons (Fsp3) is 0.636. The molecule has 2 heterocycles. The van der Waals surface area contributed by atoms with E-state index in [1.165, 1.54) is 25.7 Å². The average Bonchev–Trinajstić information content (AvgIpc) is 2.92. The molecule has 0 radical (unpaired) electrons. The van der Waals surface area contributed by atoms with Crippen molar-refractivity contribution in [3.63, 3.8) is 0 Å². The number of rotatable bonds is 2. The van der Waals surface area contributed by atoms with Crippen LogP contribution < -0.4 is 0 Å². The van der Waals surface area contributed by atoms with E-state index in [1.54, 1.807) is 0 Å². The fourth-order valence-corrected chi connectivity index (χ4v) is 2.77. The number of carbonyl (C=O) groups is 1. The molecule has 5 nitrogen and oxygen atoms in total. The zero-order chi connectivity index (χ0) is 11.1. The molecule has 0 amide bonds. The van der Waals surface area contributed by atoms with Crippen LogP contribution >= 0.6 is 0 Å². The Bertz CT molecular complexity index is 421. The topological polar surface area (TPSA) is 66.6 Å². The second kappa shape index (κ2) is 3.59. The maximum atomic E-state index is 10.9. The lowest BCUT2D eigenvalue weighted by Crippen LogP contribution is -2.28. The molecule has 86 valence electrons. The molecule has 0 atom stereocenters. The largest absolute Gasteiger partial charge is 0.476 e. The highest BCUT2D eigenvalue weighted by Gasteiger charge is 2.34. The average molecular weight is 222 g/mol. The number of aromatic nitrogens is 1. The summed E-state index contributed by atoms with van der Waals surface area (Å²) in [5.41, 5.74) is 0.870. The van der Waals surface area contributed by atoms with Crippen molar-refractivity contribution in [3.8, 4) is 0 Å². The van der Waals surface area contributed by atoms with Crippen LogP contribution in [0.15, 0.2) is 4.52 Å². The molecular formula is C11H14N2O3. The molecule has 3 rings (SSSR count). The summed E-state index contributed by atoms with van der Waals surface area (Å²) in [6, 6.07) is 0.601. The van der Waals surface area contributed by atoms with E-state index in [-0.39, 0.29) is 5.69 Å². The third-order valence-electron chi connectivity index (χ3n) is 3.62. The highest BCUT2D eigenvalue weighted by atomic mass is 16.5. The van der Waals surface area contributed by atoms with Gasteiger partial charge in [-0.05, 0) is 12.8 Å². The van der Waals surface area contributed by atoms with E-state index >= 15 is 0 Å². The monoisotopic (exact) mass is 222 g/mol. The van der Waals surface area contributed by atoms with E-state index in [0.29, 0.717) is 12.6 Å². The molecule has 1 saturated carbocycles. The van der Waals surface area contributed by atoms with Crippen LogP contribution in [-0.4, -0.2) is 27.2 Å². The predicted octanol–water partition coefficient (Wildman–Crippen LogP) is 1.63. The number of aromatic carboxylic acids is 1. The van der Waals surface area contributed by atoms with Gasteiger partial charge in [-0.25, -0.2) is 4.79 Å². The molecule has 2 aliphatic rings. The van der Waals surface area contributed by atoms with E-state index in [0.717, 1.165) is 17.9 Å². The lowest BCUT2D eigenvalue weighted by Gasteiger charge is -2.22. The van der Waals surface area contributed by atoms with Crippen LogP contribution in [0.2, 0.25) is 0 Å². The van der Waals surface area contributed by atoms with Gasteiger partial charge in [0, 0.05) is 18.2 Å². The molecule has 0 unspecified atom stereocenters. The van der Waals surface area contributed by atoms with Crippen molar-refractivity contribution in [2.75, 3.05) is 0 Å².